The van der Waals surface area contributed by atoms with Crippen LogP contribution in [0.4, 0.5) is 0 Å². The second kappa shape index (κ2) is 7.05. The number of carbonyl (C=O) groups excluding carboxylic acids is 2. The van der Waals surface area contributed by atoms with Crippen LogP contribution in [0.25, 0.3) is 0 Å². The highest BCUT2D eigenvalue weighted by atomic mass is 16.5. The molecule has 136 valence electrons. The number of fused-ring (bicyclic) bond motifs is 2. The molecule has 0 aromatic carbocycles. The first-order valence-corrected chi connectivity index (χ1v) is 9.75. The topological polar surface area (TPSA) is 52.6 Å². The van der Waals surface area contributed by atoms with E-state index in [-0.39, 0.29) is 23.5 Å². The Morgan fingerprint density at radius 2 is 1.88 bits per heavy atom. The van der Waals surface area contributed by atoms with Crippen LogP contribution in [0.1, 0.15) is 72.1 Å². The van der Waals surface area contributed by atoms with Gasteiger partial charge in [-0.25, -0.2) is 0 Å². The molecule has 3 saturated carbocycles. The fraction of sp³-hybridized carbons (Fsp3) is 0.900. The fourth-order valence-corrected chi connectivity index (χ4v) is 5.91. The molecule has 0 aromatic heterocycles. The van der Waals surface area contributed by atoms with Crippen LogP contribution in [0.15, 0.2) is 0 Å². The third kappa shape index (κ3) is 3.48. The predicted molar refractivity (Wildman–Crippen MR) is 91.2 cm³/mol. The van der Waals surface area contributed by atoms with Crippen LogP contribution in [0.3, 0.4) is 0 Å². The van der Waals surface area contributed by atoms with Gasteiger partial charge in [0.05, 0.1) is 6.61 Å². The highest BCUT2D eigenvalue weighted by molar-refractivity contribution is 5.69. The lowest BCUT2D eigenvalue weighted by Crippen LogP contribution is -2.45. The number of hydrogen-bond acceptors (Lipinski definition) is 4. The smallest absolute Gasteiger partial charge is 0.306 e. The van der Waals surface area contributed by atoms with E-state index in [1.165, 1.54) is 39.0 Å². The minimum atomic E-state index is -0.137. The molecule has 0 aromatic rings. The van der Waals surface area contributed by atoms with Gasteiger partial charge in [-0.3, -0.25) is 9.59 Å². The summed E-state index contributed by atoms with van der Waals surface area (Å²) in [5.74, 6) is 2.48. The van der Waals surface area contributed by atoms with E-state index in [2.05, 4.69) is 6.92 Å². The molecule has 4 heteroatoms. The van der Waals surface area contributed by atoms with Crippen LogP contribution in [0, 0.1) is 29.1 Å². The monoisotopic (exact) mass is 336 g/mol. The molecule has 3 fully saturated rings. The second-order valence-electron chi connectivity index (χ2n) is 8.53. The first-order chi connectivity index (χ1) is 11.4. The van der Waals surface area contributed by atoms with Crippen molar-refractivity contribution in [3.05, 3.63) is 0 Å². The summed E-state index contributed by atoms with van der Waals surface area (Å²) in [6.07, 6.45) is 8.86. The summed E-state index contributed by atoms with van der Waals surface area (Å²) >= 11 is 0. The van der Waals surface area contributed by atoms with Crippen LogP contribution in [-0.4, -0.2) is 24.6 Å². The Morgan fingerprint density at radius 1 is 1.08 bits per heavy atom. The Labute approximate surface area is 145 Å². The maximum atomic E-state index is 11.8. The molecule has 0 radical (unpaired) electrons. The van der Waals surface area contributed by atoms with Crippen molar-refractivity contribution in [1.29, 1.82) is 0 Å². The van der Waals surface area contributed by atoms with E-state index in [0.29, 0.717) is 24.9 Å². The number of ether oxygens (including phenoxy) is 2. The van der Waals surface area contributed by atoms with E-state index in [0.717, 1.165) is 24.7 Å². The zero-order valence-electron chi connectivity index (χ0n) is 15.4. The molecule has 0 saturated heterocycles. The van der Waals surface area contributed by atoms with Gasteiger partial charge in [0.2, 0.25) is 0 Å². The molecule has 3 aliphatic carbocycles. The molecular weight excluding hydrogens is 304 g/mol. The Morgan fingerprint density at radius 3 is 2.58 bits per heavy atom. The van der Waals surface area contributed by atoms with Gasteiger partial charge in [-0.05, 0) is 75.5 Å². The van der Waals surface area contributed by atoms with Crippen molar-refractivity contribution in [2.45, 2.75) is 78.2 Å². The lowest BCUT2D eigenvalue weighted by molar-refractivity contribution is -0.155. The normalized spacial score (nSPS) is 41.2. The standard InChI is InChI=1S/C20H32O4/c1-4-23-19(22)10-14-5-6-15-12-20(3)17(11-16(15)9-14)7-8-18(20)24-13(2)21/h14-18H,4-12H2,1-3H3/t14-,15-,16+,17+,18+,20+/m1/s1. The van der Waals surface area contributed by atoms with E-state index < -0.39 is 0 Å². The molecule has 6 atom stereocenters. The highest BCUT2D eigenvalue weighted by Crippen LogP contribution is 2.59. The van der Waals surface area contributed by atoms with Crippen LogP contribution in [-0.2, 0) is 19.1 Å². The quantitative estimate of drug-likeness (QED) is 0.725. The van der Waals surface area contributed by atoms with Gasteiger partial charge in [0.1, 0.15) is 6.10 Å². The third-order valence-electron chi connectivity index (χ3n) is 7.05. The van der Waals surface area contributed by atoms with Crippen molar-refractivity contribution in [2.75, 3.05) is 6.61 Å². The summed E-state index contributed by atoms with van der Waals surface area (Å²) in [5.41, 5.74) is 0.167. The number of esters is 2. The minimum absolute atomic E-state index is 0.0302. The van der Waals surface area contributed by atoms with Gasteiger partial charge in [0.15, 0.2) is 0 Å². The first kappa shape index (κ1) is 17.8. The molecule has 0 aliphatic heterocycles. The van der Waals surface area contributed by atoms with Gasteiger partial charge in [-0.15, -0.1) is 0 Å². The van der Waals surface area contributed by atoms with E-state index in [1.807, 2.05) is 6.92 Å². The predicted octanol–water partition coefficient (Wildman–Crippen LogP) is 4.11. The van der Waals surface area contributed by atoms with E-state index in [9.17, 15) is 9.59 Å². The van der Waals surface area contributed by atoms with Crippen molar-refractivity contribution in [3.63, 3.8) is 0 Å². The van der Waals surface area contributed by atoms with E-state index >= 15 is 0 Å². The van der Waals surface area contributed by atoms with Crippen molar-refractivity contribution < 1.29 is 19.1 Å². The zero-order chi connectivity index (χ0) is 17.3. The van der Waals surface area contributed by atoms with Gasteiger partial charge >= 0.3 is 11.9 Å². The largest absolute Gasteiger partial charge is 0.466 e. The van der Waals surface area contributed by atoms with Gasteiger partial charge < -0.3 is 9.47 Å². The molecule has 3 aliphatic rings. The van der Waals surface area contributed by atoms with Crippen molar-refractivity contribution in [1.82, 2.24) is 0 Å². The van der Waals surface area contributed by atoms with Gasteiger partial charge in [0, 0.05) is 18.8 Å². The lowest BCUT2D eigenvalue weighted by Gasteiger charge is -2.50. The summed E-state index contributed by atoms with van der Waals surface area (Å²) in [7, 11) is 0. The summed E-state index contributed by atoms with van der Waals surface area (Å²) < 4.78 is 10.8. The Kier molecular flexibility index (Phi) is 5.22. The highest BCUT2D eigenvalue weighted by Gasteiger charge is 2.54. The SMILES string of the molecule is CCOC(=O)C[C@@H]1CC[C@@H]2C[C@@]3(C)[C@@H](CC[C@@H]3OC(C)=O)C[C@@H]2C1. The van der Waals surface area contributed by atoms with E-state index in [1.54, 1.807) is 0 Å². The lowest BCUT2D eigenvalue weighted by atomic mass is 9.56. The van der Waals surface area contributed by atoms with Gasteiger partial charge in [-0.2, -0.15) is 0 Å². The molecule has 3 rings (SSSR count). The average molecular weight is 336 g/mol. The second-order valence-corrected chi connectivity index (χ2v) is 8.53. The molecule has 24 heavy (non-hydrogen) atoms. The van der Waals surface area contributed by atoms with Crippen LogP contribution in [0.5, 0.6) is 0 Å². The Bertz CT molecular complexity index is 488. The van der Waals surface area contributed by atoms with Gasteiger partial charge in [0.25, 0.3) is 0 Å². The van der Waals surface area contributed by atoms with Crippen LogP contribution in [0.2, 0.25) is 0 Å². The number of rotatable bonds is 4. The maximum absolute atomic E-state index is 11.8. The molecule has 0 heterocycles. The van der Waals surface area contributed by atoms with Crippen molar-refractivity contribution in [2.24, 2.45) is 29.1 Å². The molecule has 0 amide bonds. The zero-order valence-corrected chi connectivity index (χ0v) is 15.4. The molecule has 0 N–H and O–H groups in total. The number of hydrogen-bond donors (Lipinski definition) is 0. The fourth-order valence-electron chi connectivity index (χ4n) is 5.91. The Hall–Kier alpha value is -1.06. The molecule has 0 bridgehead atoms. The van der Waals surface area contributed by atoms with Crippen LogP contribution < -0.4 is 0 Å². The van der Waals surface area contributed by atoms with Crippen molar-refractivity contribution >= 4 is 11.9 Å². The average Bonchev–Trinajstić information content (AvgIpc) is 2.81. The van der Waals surface area contributed by atoms with Crippen molar-refractivity contribution in [3.8, 4) is 0 Å². The molecular formula is C20H32O4. The van der Waals surface area contributed by atoms with E-state index in [4.69, 9.17) is 9.47 Å². The summed E-state index contributed by atoms with van der Waals surface area (Å²) in [6.45, 7) is 6.23. The number of carbonyl (C=O) groups is 2. The minimum Gasteiger partial charge on any atom is -0.466 e. The van der Waals surface area contributed by atoms with Crippen LogP contribution >= 0.6 is 0 Å². The Balaban J connectivity index is 1.61. The maximum Gasteiger partial charge on any atom is 0.306 e. The van der Waals surface area contributed by atoms with Gasteiger partial charge in [-0.1, -0.05) is 6.92 Å². The summed E-state index contributed by atoms with van der Waals surface area (Å²) in [4.78, 5) is 23.2. The molecule has 0 unspecified atom stereocenters. The third-order valence-corrected chi connectivity index (χ3v) is 7.05. The molecule has 4 nitrogen and oxygen atoms in total. The molecule has 0 spiro atoms. The summed E-state index contributed by atoms with van der Waals surface area (Å²) in [6, 6.07) is 0. The summed E-state index contributed by atoms with van der Waals surface area (Å²) in [5, 5.41) is 0. The first-order valence-electron chi connectivity index (χ1n) is 9.75.